The van der Waals surface area contributed by atoms with E-state index in [1.165, 1.54) is 11.1 Å². The third-order valence-corrected chi connectivity index (χ3v) is 3.20. The van der Waals surface area contributed by atoms with E-state index in [9.17, 15) is 0 Å². The molecule has 1 aromatic rings. The van der Waals surface area contributed by atoms with Crippen molar-refractivity contribution >= 4 is 0 Å². The van der Waals surface area contributed by atoms with Crippen molar-refractivity contribution in [2.75, 3.05) is 0 Å². The summed E-state index contributed by atoms with van der Waals surface area (Å²) in [4.78, 5) is 0. The van der Waals surface area contributed by atoms with Crippen LogP contribution in [0.4, 0.5) is 0 Å². The molecule has 0 heteroatoms. The Kier molecular flexibility index (Phi) is 3.52. The Morgan fingerprint density at radius 1 is 1.00 bits per heavy atom. The highest BCUT2D eigenvalue weighted by Crippen LogP contribution is 2.35. The number of benzene rings is 1. The predicted octanol–water partition coefficient (Wildman–Crippen LogP) is 4.95. The number of rotatable bonds is 1. The molecule has 1 radical (unpaired) electrons. The summed E-state index contributed by atoms with van der Waals surface area (Å²) in [5.41, 5.74) is 3.17. The Balaban J connectivity index is 3.09. The molecule has 0 heterocycles. The smallest absolute Gasteiger partial charge is 0.0113 e. The monoisotopic (exact) mass is 217 g/mol. The highest BCUT2D eigenvalue weighted by molar-refractivity contribution is 5.32. The topological polar surface area (TPSA) is 0 Å². The van der Waals surface area contributed by atoms with E-state index < -0.39 is 0 Å². The highest BCUT2D eigenvalue weighted by Gasteiger charge is 2.23. The van der Waals surface area contributed by atoms with Crippen molar-refractivity contribution in [3.05, 3.63) is 42.3 Å². The molecular formula is C16H25. The Morgan fingerprint density at radius 2 is 1.56 bits per heavy atom. The molecule has 0 saturated carbocycles. The largest absolute Gasteiger partial charge is 0.0617 e. The summed E-state index contributed by atoms with van der Waals surface area (Å²) in [7, 11) is 0. The zero-order valence-electron chi connectivity index (χ0n) is 11.6. The molecule has 1 unspecified atom stereocenters. The van der Waals surface area contributed by atoms with Gasteiger partial charge >= 0.3 is 0 Å². The second-order valence-corrected chi connectivity index (χ2v) is 6.79. The van der Waals surface area contributed by atoms with Gasteiger partial charge in [-0.2, -0.15) is 0 Å². The molecule has 0 fully saturated rings. The number of hydrogen-bond donors (Lipinski definition) is 0. The third kappa shape index (κ3) is 3.10. The minimum absolute atomic E-state index is 0.216. The summed E-state index contributed by atoms with van der Waals surface area (Å²) in [6.45, 7) is 17.8. The zero-order chi connectivity index (χ0) is 12.6. The average molecular weight is 217 g/mol. The first kappa shape index (κ1) is 13.3. The minimum Gasteiger partial charge on any atom is -0.0617 e. The van der Waals surface area contributed by atoms with E-state index in [0.717, 1.165) is 0 Å². The van der Waals surface area contributed by atoms with Gasteiger partial charge in [-0.3, -0.25) is 0 Å². The normalized spacial score (nSPS) is 14.9. The van der Waals surface area contributed by atoms with E-state index >= 15 is 0 Å². The van der Waals surface area contributed by atoms with E-state index in [-0.39, 0.29) is 10.8 Å². The fourth-order valence-corrected chi connectivity index (χ4v) is 1.72. The maximum Gasteiger partial charge on any atom is -0.0113 e. The van der Waals surface area contributed by atoms with Gasteiger partial charge in [-0.25, -0.2) is 0 Å². The van der Waals surface area contributed by atoms with Crippen LogP contribution in [-0.2, 0) is 5.41 Å². The van der Waals surface area contributed by atoms with Gasteiger partial charge in [0.2, 0.25) is 0 Å². The zero-order valence-corrected chi connectivity index (χ0v) is 11.6. The van der Waals surface area contributed by atoms with Gasteiger partial charge in [0.15, 0.2) is 0 Å². The van der Waals surface area contributed by atoms with Crippen LogP contribution in [-0.4, -0.2) is 0 Å². The van der Waals surface area contributed by atoms with Gasteiger partial charge in [0.1, 0.15) is 0 Å². The molecule has 0 amide bonds. The van der Waals surface area contributed by atoms with Gasteiger partial charge in [-0.1, -0.05) is 65.8 Å². The molecule has 0 nitrogen and oxygen atoms in total. The van der Waals surface area contributed by atoms with Crippen molar-refractivity contribution in [3.63, 3.8) is 0 Å². The SMILES string of the molecule is [CH2]C(c1cccc(C(C)(C)C)c1)C(C)(C)C. The molecule has 0 spiro atoms. The van der Waals surface area contributed by atoms with Crippen LogP contribution < -0.4 is 0 Å². The van der Waals surface area contributed by atoms with E-state index in [2.05, 4.69) is 72.7 Å². The molecular weight excluding hydrogens is 192 g/mol. The third-order valence-electron chi connectivity index (χ3n) is 3.20. The molecule has 0 N–H and O–H groups in total. The summed E-state index contributed by atoms with van der Waals surface area (Å²) in [6, 6.07) is 8.86. The summed E-state index contributed by atoms with van der Waals surface area (Å²) in [5.74, 6) is 0.342. The standard InChI is InChI=1S/C16H25/c1-12(15(2,3)4)13-9-8-10-14(11-13)16(5,6)7/h8-12H,1H2,2-7H3. The fourth-order valence-electron chi connectivity index (χ4n) is 1.72. The van der Waals surface area contributed by atoms with Gasteiger partial charge < -0.3 is 0 Å². The van der Waals surface area contributed by atoms with Gasteiger partial charge in [-0.15, -0.1) is 0 Å². The summed E-state index contributed by atoms with van der Waals surface area (Å²) < 4.78 is 0. The fraction of sp³-hybridized carbons (Fsp3) is 0.562. The Bertz CT molecular complexity index is 347. The van der Waals surface area contributed by atoms with Crippen molar-refractivity contribution in [2.24, 2.45) is 5.41 Å². The van der Waals surface area contributed by atoms with E-state index in [0.29, 0.717) is 5.92 Å². The quantitative estimate of drug-likeness (QED) is 0.624. The van der Waals surface area contributed by atoms with Crippen molar-refractivity contribution in [1.82, 2.24) is 0 Å². The van der Waals surface area contributed by atoms with E-state index in [1.807, 2.05) is 0 Å². The highest BCUT2D eigenvalue weighted by atomic mass is 14.3. The molecule has 0 aliphatic carbocycles. The molecule has 16 heavy (non-hydrogen) atoms. The van der Waals surface area contributed by atoms with Crippen molar-refractivity contribution in [1.29, 1.82) is 0 Å². The van der Waals surface area contributed by atoms with Crippen LogP contribution in [0.25, 0.3) is 0 Å². The number of hydrogen-bond acceptors (Lipinski definition) is 0. The van der Waals surface area contributed by atoms with Crippen molar-refractivity contribution < 1.29 is 0 Å². The molecule has 89 valence electrons. The second kappa shape index (κ2) is 4.24. The first-order valence-electron chi connectivity index (χ1n) is 6.06. The lowest BCUT2D eigenvalue weighted by molar-refractivity contribution is 0.364. The summed E-state index contributed by atoms with van der Waals surface area (Å²) >= 11 is 0. The van der Waals surface area contributed by atoms with Crippen LogP contribution in [0.5, 0.6) is 0 Å². The van der Waals surface area contributed by atoms with Crippen LogP contribution in [0.15, 0.2) is 24.3 Å². The van der Waals surface area contributed by atoms with Crippen molar-refractivity contribution in [2.45, 2.75) is 52.9 Å². The molecule has 0 aliphatic rings. The molecule has 1 aromatic carbocycles. The maximum absolute atomic E-state index is 4.30. The molecule has 0 aliphatic heterocycles. The lowest BCUT2D eigenvalue weighted by atomic mass is 9.76. The minimum atomic E-state index is 0.216. The van der Waals surface area contributed by atoms with Crippen LogP contribution in [0.2, 0.25) is 0 Å². The lowest BCUT2D eigenvalue weighted by Crippen LogP contribution is -2.17. The Labute approximate surface area is 101 Å². The molecule has 1 atom stereocenters. The summed E-state index contributed by atoms with van der Waals surface area (Å²) in [6.07, 6.45) is 0. The van der Waals surface area contributed by atoms with Crippen LogP contribution in [0, 0.1) is 12.3 Å². The maximum atomic E-state index is 4.30. The molecule has 0 bridgehead atoms. The first-order valence-corrected chi connectivity index (χ1v) is 6.06. The first-order chi connectivity index (χ1) is 7.12. The van der Waals surface area contributed by atoms with Crippen LogP contribution >= 0.6 is 0 Å². The molecule has 1 rings (SSSR count). The van der Waals surface area contributed by atoms with Gasteiger partial charge in [0, 0.05) is 0 Å². The van der Waals surface area contributed by atoms with Gasteiger partial charge in [-0.05, 0) is 34.8 Å². The Morgan fingerprint density at radius 3 is 2.00 bits per heavy atom. The van der Waals surface area contributed by atoms with Gasteiger partial charge in [0.25, 0.3) is 0 Å². The van der Waals surface area contributed by atoms with Crippen LogP contribution in [0.3, 0.4) is 0 Å². The van der Waals surface area contributed by atoms with E-state index in [1.54, 1.807) is 0 Å². The second-order valence-electron chi connectivity index (χ2n) is 6.79. The van der Waals surface area contributed by atoms with Crippen molar-refractivity contribution in [3.8, 4) is 0 Å². The van der Waals surface area contributed by atoms with E-state index in [4.69, 9.17) is 0 Å². The Hall–Kier alpha value is -0.780. The predicted molar refractivity (Wildman–Crippen MR) is 72.7 cm³/mol. The molecule has 0 saturated heterocycles. The molecule has 0 aromatic heterocycles. The average Bonchev–Trinajstić information content (AvgIpc) is 2.14. The lowest BCUT2D eigenvalue weighted by Gasteiger charge is -2.29. The van der Waals surface area contributed by atoms with Gasteiger partial charge in [0.05, 0.1) is 0 Å². The summed E-state index contributed by atoms with van der Waals surface area (Å²) in [5, 5.41) is 0. The van der Waals surface area contributed by atoms with Crippen LogP contribution in [0.1, 0.15) is 58.6 Å².